The molecule has 172 valence electrons. The standard InChI is InChI=1S/C26H28N2O4S/c29-26(30)11-5-4-10-25(24-9-6-17-27-19-24)23-14-12-21(13-15-23)16-18-28-33(31,32)20-22-7-2-1-3-8-22/h1-3,6-10,12-15,17,19,28H,4-5,11,16,18,20H2,(H,29,30). The summed E-state index contributed by atoms with van der Waals surface area (Å²) in [6.45, 7) is 0.328. The number of hydrogen-bond acceptors (Lipinski definition) is 4. The van der Waals surface area contributed by atoms with E-state index in [1.54, 1.807) is 24.5 Å². The summed E-state index contributed by atoms with van der Waals surface area (Å²) in [5.74, 6) is -0.830. The van der Waals surface area contributed by atoms with Crippen LogP contribution >= 0.6 is 0 Å². The number of sulfonamides is 1. The average Bonchev–Trinajstić information content (AvgIpc) is 2.80. The normalized spacial score (nSPS) is 11.9. The molecule has 0 saturated carbocycles. The smallest absolute Gasteiger partial charge is 0.303 e. The Kier molecular flexibility index (Phi) is 8.92. The summed E-state index contributed by atoms with van der Waals surface area (Å²) in [5.41, 5.74) is 4.76. The topological polar surface area (TPSA) is 96.4 Å². The van der Waals surface area contributed by atoms with Crippen LogP contribution in [0.4, 0.5) is 0 Å². The number of nitrogens with zero attached hydrogens (tertiary/aromatic N) is 1. The highest BCUT2D eigenvalue weighted by Crippen LogP contribution is 2.24. The van der Waals surface area contributed by atoms with Crippen molar-refractivity contribution < 1.29 is 18.3 Å². The fourth-order valence-corrected chi connectivity index (χ4v) is 4.62. The summed E-state index contributed by atoms with van der Waals surface area (Å²) in [5, 5.41) is 8.86. The fraction of sp³-hybridized carbons (Fsp3) is 0.231. The van der Waals surface area contributed by atoms with E-state index >= 15 is 0 Å². The first-order valence-electron chi connectivity index (χ1n) is 10.9. The number of allylic oxidation sites excluding steroid dienone is 1. The van der Waals surface area contributed by atoms with Crippen molar-refractivity contribution in [2.45, 2.75) is 31.4 Å². The molecule has 0 saturated heterocycles. The molecule has 0 radical (unpaired) electrons. The summed E-state index contributed by atoms with van der Waals surface area (Å²) in [6, 6.07) is 20.9. The number of hydrogen-bond donors (Lipinski definition) is 2. The van der Waals surface area contributed by atoms with Crippen molar-refractivity contribution >= 4 is 21.6 Å². The number of nitrogens with one attached hydrogen (secondary N) is 1. The molecule has 0 aliphatic rings. The Morgan fingerprint density at radius 3 is 2.36 bits per heavy atom. The Hall–Kier alpha value is -3.29. The van der Waals surface area contributed by atoms with Gasteiger partial charge in [-0.05, 0) is 47.6 Å². The minimum Gasteiger partial charge on any atom is -0.481 e. The van der Waals surface area contributed by atoms with Gasteiger partial charge in [-0.25, -0.2) is 13.1 Å². The van der Waals surface area contributed by atoms with Gasteiger partial charge in [0.1, 0.15) is 0 Å². The summed E-state index contributed by atoms with van der Waals surface area (Å²) >= 11 is 0. The summed E-state index contributed by atoms with van der Waals surface area (Å²) in [4.78, 5) is 15.0. The van der Waals surface area contributed by atoms with Crippen molar-refractivity contribution in [2.24, 2.45) is 0 Å². The molecule has 6 nitrogen and oxygen atoms in total. The molecule has 2 aromatic carbocycles. The molecule has 1 aromatic heterocycles. The molecule has 2 N–H and O–H groups in total. The van der Waals surface area contributed by atoms with Gasteiger partial charge in [0.05, 0.1) is 5.75 Å². The molecule has 0 bridgehead atoms. The fourth-order valence-electron chi connectivity index (χ4n) is 3.47. The van der Waals surface area contributed by atoms with E-state index in [1.807, 2.05) is 60.7 Å². The Balaban J connectivity index is 1.62. The maximum atomic E-state index is 12.3. The van der Waals surface area contributed by atoms with E-state index in [-0.39, 0.29) is 12.2 Å². The molecule has 3 rings (SSSR count). The lowest BCUT2D eigenvalue weighted by molar-refractivity contribution is -0.137. The number of rotatable bonds is 12. The van der Waals surface area contributed by atoms with E-state index in [0.29, 0.717) is 25.8 Å². The van der Waals surface area contributed by atoms with E-state index in [1.165, 1.54) is 0 Å². The molecule has 0 spiro atoms. The molecule has 33 heavy (non-hydrogen) atoms. The molecule has 0 atom stereocenters. The summed E-state index contributed by atoms with van der Waals surface area (Å²) in [7, 11) is -3.39. The average molecular weight is 465 g/mol. The zero-order valence-corrected chi connectivity index (χ0v) is 19.2. The van der Waals surface area contributed by atoms with Gasteiger partial charge in [0, 0.05) is 30.9 Å². The Labute approximate surface area is 195 Å². The molecule has 1 heterocycles. The van der Waals surface area contributed by atoms with Crippen LogP contribution in [-0.2, 0) is 27.0 Å². The molecular formula is C26H28N2O4S. The van der Waals surface area contributed by atoms with E-state index in [2.05, 4.69) is 9.71 Å². The lowest BCUT2D eigenvalue weighted by atomic mass is 9.96. The van der Waals surface area contributed by atoms with Crippen LogP contribution in [0.1, 0.15) is 41.5 Å². The minimum absolute atomic E-state index is 0.0338. The Morgan fingerprint density at radius 2 is 1.70 bits per heavy atom. The molecule has 0 aliphatic heterocycles. The molecule has 0 unspecified atom stereocenters. The van der Waals surface area contributed by atoms with E-state index < -0.39 is 16.0 Å². The van der Waals surface area contributed by atoms with Crippen molar-refractivity contribution in [2.75, 3.05) is 6.54 Å². The van der Waals surface area contributed by atoms with Gasteiger partial charge in [0.2, 0.25) is 10.0 Å². The summed E-state index contributed by atoms with van der Waals surface area (Å²) < 4.78 is 27.3. The third kappa shape index (κ3) is 8.29. The highest BCUT2D eigenvalue weighted by Gasteiger charge is 2.11. The number of benzene rings is 2. The first-order chi connectivity index (χ1) is 15.9. The third-order valence-electron chi connectivity index (χ3n) is 5.12. The van der Waals surface area contributed by atoms with Crippen molar-refractivity contribution in [1.82, 2.24) is 9.71 Å². The monoisotopic (exact) mass is 464 g/mol. The van der Waals surface area contributed by atoms with Crippen molar-refractivity contribution in [1.29, 1.82) is 0 Å². The quantitative estimate of drug-likeness (QED) is 0.387. The van der Waals surface area contributed by atoms with Crippen LogP contribution < -0.4 is 4.72 Å². The van der Waals surface area contributed by atoms with E-state index in [0.717, 1.165) is 27.8 Å². The van der Waals surface area contributed by atoms with Crippen molar-refractivity contribution in [3.05, 3.63) is 107 Å². The first-order valence-corrected chi connectivity index (χ1v) is 12.5. The van der Waals surface area contributed by atoms with Gasteiger partial charge in [0.15, 0.2) is 0 Å². The zero-order chi connectivity index (χ0) is 23.5. The van der Waals surface area contributed by atoms with Crippen molar-refractivity contribution in [3.8, 4) is 0 Å². The number of carboxylic acid groups (broad SMARTS) is 1. The number of carbonyl (C=O) groups is 1. The van der Waals surface area contributed by atoms with Crippen LogP contribution in [0.3, 0.4) is 0 Å². The maximum Gasteiger partial charge on any atom is 0.303 e. The van der Waals surface area contributed by atoms with Gasteiger partial charge in [-0.1, -0.05) is 66.7 Å². The molecule has 3 aromatic rings. The number of unbranched alkanes of at least 4 members (excludes halogenated alkanes) is 1. The van der Waals surface area contributed by atoms with Gasteiger partial charge in [0.25, 0.3) is 0 Å². The second-order valence-electron chi connectivity index (χ2n) is 7.73. The second kappa shape index (κ2) is 12.1. The van der Waals surface area contributed by atoms with Crippen LogP contribution in [0.5, 0.6) is 0 Å². The molecule has 0 fully saturated rings. The largest absolute Gasteiger partial charge is 0.481 e. The highest BCUT2D eigenvalue weighted by atomic mass is 32.2. The second-order valence-corrected chi connectivity index (χ2v) is 9.54. The minimum atomic E-state index is -3.39. The van der Waals surface area contributed by atoms with Gasteiger partial charge in [-0.15, -0.1) is 0 Å². The van der Waals surface area contributed by atoms with Crippen LogP contribution in [-0.4, -0.2) is 31.0 Å². The van der Waals surface area contributed by atoms with Gasteiger partial charge in [-0.3, -0.25) is 9.78 Å². The van der Waals surface area contributed by atoms with Gasteiger partial charge in [-0.2, -0.15) is 0 Å². The number of aliphatic carboxylic acids is 1. The lowest BCUT2D eigenvalue weighted by Crippen LogP contribution is -2.27. The zero-order valence-electron chi connectivity index (χ0n) is 18.4. The third-order valence-corrected chi connectivity index (χ3v) is 6.47. The van der Waals surface area contributed by atoms with Crippen LogP contribution in [0, 0.1) is 0 Å². The van der Waals surface area contributed by atoms with E-state index in [9.17, 15) is 13.2 Å². The van der Waals surface area contributed by atoms with Crippen molar-refractivity contribution in [3.63, 3.8) is 0 Å². The molecular weight excluding hydrogens is 436 g/mol. The van der Waals surface area contributed by atoms with Gasteiger partial charge >= 0.3 is 5.97 Å². The molecule has 7 heteroatoms. The van der Waals surface area contributed by atoms with Crippen LogP contribution in [0.2, 0.25) is 0 Å². The Bertz CT molecular complexity index is 1160. The number of carboxylic acids is 1. The maximum absolute atomic E-state index is 12.3. The molecule has 0 aliphatic carbocycles. The summed E-state index contributed by atoms with van der Waals surface area (Å²) in [6.07, 6.45) is 7.50. The van der Waals surface area contributed by atoms with Crippen LogP contribution in [0.15, 0.2) is 85.2 Å². The van der Waals surface area contributed by atoms with E-state index in [4.69, 9.17) is 5.11 Å². The predicted molar refractivity (Wildman–Crippen MR) is 130 cm³/mol. The van der Waals surface area contributed by atoms with Crippen LogP contribution in [0.25, 0.3) is 5.57 Å². The number of pyridine rings is 1. The van der Waals surface area contributed by atoms with Gasteiger partial charge < -0.3 is 5.11 Å². The lowest BCUT2D eigenvalue weighted by Gasteiger charge is -2.10. The predicted octanol–water partition coefficient (Wildman–Crippen LogP) is 4.43. The number of aromatic nitrogens is 1. The molecule has 0 amide bonds. The Morgan fingerprint density at radius 1 is 0.939 bits per heavy atom. The SMILES string of the molecule is O=C(O)CCCC=C(c1ccc(CCNS(=O)(=O)Cc2ccccc2)cc1)c1cccnc1. The first kappa shape index (κ1) is 24.4. The highest BCUT2D eigenvalue weighted by molar-refractivity contribution is 7.88.